The van der Waals surface area contributed by atoms with Crippen LogP contribution in [0.1, 0.15) is 93.3 Å². The van der Waals surface area contributed by atoms with Crippen LogP contribution in [0.3, 0.4) is 0 Å². The van der Waals surface area contributed by atoms with Crippen LogP contribution < -0.4 is 0 Å². The Labute approximate surface area is 203 Å². The number of carbonyl (C=O) groups is 2. The van der Waals surface area contributed by atoms with Gasteiger partial charge in [0.1, 0.15) is 0 Å². The summed E-state index contributed by atoms with van der Waals surface area (Å²) in [5, 5.41) is 0. The number of allylic oxidation sites excluding steroid dienone is 2. The number of nitrogens with zero attached hydrogens (tertiary/aromatic N) is 2. The molecule has 0 saturated heterocycles. The van der Waals surface area contributed by atoms with Crippen LogP contribution in [0.25, 0.3) is 33.2 Å². The zero-order valence-corrected chi connectivity index (χ0v) is 20.7. The fourth-order valence-electron chi connectivity index (χ4n) is 5.81. The first-order valence-electron chi connectivity index (χ1n) is 12.3. The Bertz CT molecular complexity index is 1670. The smallest absolute Gasteiger partial charge is 0.169 e. The number of hydrogen-bond acceptors (Lipinski definition) is 4. The third-order valence-corrected chi connectivity index (χ3v) is 7.90. The molecule has 8 bridgehead atoms. The molecule has 0 radical (unpaired) electrons. The summed E-state index contributed by atoms with van der Waals surface area (Å²) in [6.07, 6.45) is 2.92. The average molecular weight is 465 g/mol. The highest BCUT2D eigenvalue weighted by molar-refractivity contribution is 6.13. The van der Waals surface area contributed by atoms with Gasteiger partial charge in [-0.1, -0.05) is 13.8 Å². The Morgan fingerprint density at radius 3 is 2.49 bits per heavy atom. The molecule has 3 aliphatic rings. The summed E-state index contributed by atoms with van der Waals surface area (Å²) in [6, 6.07) is 6.08. The van der Waals surface area contributed by atoms with Crippen LogP contribution in [0.2, 0.25) is 0 Å². The molecule has 0 amide bonds. The van der Waals surface area contributed by atoms with Crippen LogP contribution in [-0.4, -0.2) is 32.0 Å². The number of Topliss-reactive ketones (excluding diaryl/α,β-unsaturated/α-hetero) is 1. The van der Waals surface area contributed by atoms with E-state index in [1.807, 2.05) is 19.9 Å². The normalized spacial score (nSPS) is 16.9. The monoisotopic (exact) mass is 464 g/mol. The fraction of sp³-hybridized carbons (Fsp3) is 0.310. The molecule has 0 saturated carbocycles. The third-order valence-electron chi connectivity index (χ3n) is 7.90. The highest BCUT2D eigenvalue weighted by Gasteiger charge is 2.30. The van der Waals surface area contributed by atoms with Crippen molar-refractivity contribution in [1.29, 1.82) is 0 Å². The van der Waals surface area contributed by atoms with Gasteiger partial charge in [-0.2, -0.15) is 0 Å². The molecule has 6 nitrogen and oxygen atoms in total. The number of carbonyl (C=O) groups excluding carboxylic acids is 2. The lowest BCUT2D eigenvalue weighted by Crippen LogP contribution is -1.98. The SMILES string of the molecule is CCC1=C(C)c2cc3[nH]c(cc4nc(c5c6[nH]c(cc1n2)c(C)c6C(=O)C5)C[C@@H]4C)c(C)c3C=O. The summed E-state index contributed by atoms with van der Waals surface area (Å²) in [5.41, 5.74) is 13.7. The van der Waals surface area contributed by atoms with Gasteiger partial charge in [-0.05, 0) is 74.1 Å². The minimum absolute atomic E-state index is 0.147. The van der Waals surface area contributed by atoms with E-state index in [0.29, 0.717) is 12.0 Å². The molecule has 3 aromatic heterocycles. The zero-order chi connectivity index (χ0) is 24.6. The number of fused-ring (bicyclic) bond motifs is 8. The van der Waals surface area contributed by atoms with Gasteiger partial charge in [0.25, 0.3) is 0 Å². The third kappa shape index (κ3) is 3.09. The predicted octanol–water partition coefficient (Wildman–Crippen LogP) is 6.17. The van der Waals surface area contributed by atoms with E-state index in [-0.39, 0.29) is 11.7 Å². The number of rotatable bonds is 2. The first-order chi connectivity index (χ1) is 16.8. The van der Waals surface area contributed by atoms with Crippen LogP contribution >= 0.6 is 0 Å². The molecular formula is C29H28N4O2. The second-order valence-corrected chi connectivity index (χ2v) is 9.96. The molecule has 0 spiro atoms. The summed E-state index contributed by atoms with van der Waals surface area (Å²) < 4.78 is 0. The second kappa shape index (κ2) is 7.60. The van der Waals surface area contributed by atoms with Crippen molar-refractivity contribution in [2.75, 3.05) is 0 Å². The molecule has 0 unspecified atom stereocenters. The Morgan fingerprint density at radius 2 is 1.74 bits per heavy atom. The number of nitrogens with one attached hydrogen (secondary N) is 2. The minimum atomic E-state index is 0.147. The second-order valence-electron chi connectivity index (χ2n) is 9.96. The van der Waals surface area contributed by atoms with Gasteiger partial charge >= 0.3 is 0 Å². The van der Waals surface area contributed by atoms with E-state index in [1.54, 1.807) is 0 Å². The van der Waals surface area contributed by atoms with E-state index in [4.69, 9.17) is 9.97 Å². The standard InChI is InChI=1S/C29H28N4O2/c1-6-17-14(3)22-10-26-19(12-34)15(4)21(32-26)9-20-13(2)7-24(30-20)18-8-27(35)28-16(5)23(33-29(18)28)11-25(17)31-22/h9-13,32-33H,6-8H2,1-5H3/t13-/m0/s1. The van der Waals surface area contributed by atoms with E-state index in [2.05, 4.69) is 42.9 Å². The van der Waals surface area contributed by atoms with Crippen LogP contribution in [0, 0.1) is 13.8 Å². The molecule has 2 aliphatic heterocycles. The summed E-state index contributed by atoms with van der Waals surface area (Å²) in [7, 11) is 0. The van der Waals surface area contributed by atoms with E-state index < -0.39 is 0 Å². The molecule has 3 aromatic rings. The lowest BCUT2D eigenvalue weighted by atomic mass is 10.0. The zero-order valence-electron chi connectivity index (χ0n) is 20.7. The molecule has 35 heavy (non-hydrogen) atoms. The van der Waals surface area contributed by atoms with Gasteiger partial charge in [0.05, 0.1) is 22.4 Å². The summed E-state index contributed by atoms with van der Waals surface area (Å²) in [6.45, 7) is 10.3. The van der Waals surface area contributed by atoms with E-state index in [9.17, 15) is 9.59 Å². The average Bonchev–Trinajstić information content (AvgIpc) is 3.58. The number of hydrogen-bond donors (Lipinski definition) is 2. The number of H-pyrrole nitrogens is 2. The maximum atomic E-state index is 13.1. The largest absolute Gasteiger partial charge is 0.355 e. The molecule has 6 rings (SSSR count). The Hall–Kier alpha value is -3.80. The van der Waals surface area contributed by atoms with Crippen molar-refractivity contribution in [2.24, 2.45) is 0 Å². The highest BCUT2D eigenvalue weighted by atomic mass is 16.1. The van der Waals surface area contributed by atoms with Gasteiger partial charge in [0, 0.05) is 51.5 Å². The van der Waals surface area contributed by atoms with Gasteiger partial charge in [0.2, 0.25) is 0 Å². The topological polar surface area (TPSA) is 91.5 Å². The van der Waals surface area contributed by atoms with Crippen LogP contribution in [0.4, 0.5) is 0 Å². The van der Waals surface area contributed by atoms with Crippen molar-refractivity contribution >= 4 is 45.3 Å². The maximum absolute atomic E-state index is 13.1. The summed E-state index contributed by atoms with van der Waals surface area (Å²) in [4.78, 5) is 42.1. The molecule has 1 atom stereocenters. The highest BCUT2D eigenvalue weighted by Crippen LogP contribution is 2.37. The first kappa shape index (κ1) is 21.7. The molecule has 2 N–H and O–H groups in total. The fourth-order valence-corrected chi connectivity index (χ4v) is 5.81. The number of aromatic nitrogens is 4. The Balaban J connectivity index is 1.82. The van der Waals surface area contributed by atoms with Crippen LogP contribution in [0.15, 0.2) is 18.2 Å². The van der Waals surface area contributed by atoms with Crippen molar-refractivity contribution in [3.63, 3.8) is 0 Å². The van der Waals surface area contributed by atoms with Crippen molar-refractivity contribution in [3.05, 3.63) is 68.8 Å². The number of aryl methyl sites for hydroxylation is 2. The maximum Gasteiger partial charge on any atom is 0.169 e. The van der Waals surface area contributed by atoms with E-state index in [0.717, 1.165) is 91.8 Å². The molecule has 5 heterocycles. The lowest BCUT2D eigenvalue weighted by molar-refractivity contribution is 0.0998. The van der Waals surface area contributed by atoms with Gasteiger partial charge in [-0.15, -0.1) is 0 Å². The number of ketones is 1. The van der Waals surface area contributed by atoms with E-state index >= 15 is 0 Å². The number of aldehydes is 1. The molecule has 0 aromatic carbocycles. The predicted molar refractivity (Wildman–Crippen MR) is 139 cm³/mol. The quantitative estimate of drug-likeness (QED) is 0.444. The van der Waals surface area contributed by atoms with Gasteiger partial charge in [-0.3, -0.25) is 14.6 Å². The van der Waals surface area contributed by atoms with Gasteiger partial charge in [0.15, 0.2) is 12.1 Å². The first-order valence-corrected chi connectivity index (χ1v) is 12.3. The van der Waals surface area contributed by atoms with E-state index in [1.165, 1.54) is 5.57 Å². The lowest BCUT2D eigenvalue weighted by Gasteiger charge is -2.00. The van der Waals surface area contributed by atoms with Crippen molar-refractivity contribution in [2.45, 2.75) is 59.8 Å². The van der Waals surface area contributed by atoms with Gasteiger partial charge < -0.3 is 9.97 Å². The van der Waals surface area contributed by atoms with Crippen molar-refractivity contribution in [3.8, 4) is 0 Å². The molecule has 1 aliphatic carbocycles. The van der Waals surface area contributed by atoms with Crippen LogP contribution in [-0.2, 0) is 12.8 Å². The summed E-state index contributed by atoms with van der Waals surface area (Å²) >= 11 is 0. The van der Waals surface area contributed by atoms with Crippen molar-refractivity contribution < 1.29 is 9.59 Å². The summed E-state index contributed by atoms with van der Waals surface area (Å²) in [5.74, 6) is 0.367. The number of aromatic amines is 2. The molecule has 176 valence electrons. The van der Waals surface area contributed by atoms with Crippen LogP contribution in [0.5, 0.6) is 0 Å². The Kier molecular flexibility index (Phi) is 4.72. The Morgan fingerprint density at radius 1 is 1.00 bits per heavy atom. The minimum Gasteiger partial charge on any atom is -0.355 e. The molecule has 0 fully saturated rings. The van der Waals surface area contributed by atoms with Crippen molar-refractivity contribution in [1.82, 2.24) is 19.9 Å². The van der Waals surface area contributed by atoms with Gasteiger partial charge in [-0.25, -0.2) is 4.98 Å². The molecule has 6 heteroatoms. The molecular weight excluding hydrogens is 436 g/mol.